The molecular weight excluding hydrogens is 499 g/mol. The first-order valence-electron chi connectivity index (χ1n) is 12.6. The van der Waals surface area contributed by atoms with Gasteiger partial charge in [-0.25, -0.2) is 4.99 Å². The molecule has 0 unspecified atom stereocenters. The van der Waals surface area contributed by atoms with Gasteiger partial charge in [0.05, 0.1) is 11.6 Å². The van der Waals surface area contributed by atoms with Crippen LogP contribution in [0.15, 0.2) is 58.5 Å². The van der Waals surface area contributed by atoms with Crippen LogP contribution in [0, 0.1) is 0 Å². The van der Waals surface area contributed by atoms with Gasteiger partial charge in [0.1, 0.15) is 6.04 Å². The molecule has 0 heterocycles. The second-order valence-electron chi connectivity index (χ2n) is 10.2. The highest BCUT2D eigenvalue weighted by atomic mass is 16.4. The van der Waals surface area contributed by atoms with Crippen molar-refractivity contribution in [3.8, 4) is 0 Å². The van der Waals surface area contributed by atoms with Gasteiger partial charge in [0.2, 0.25) is 5.91 Å². The maximum Gasteiger partial charge on any atom is 0.475 e. The number of hydrogen-bond donors (Lipinski definition) is 8. The summed E-state index contributed by atoms with van der Waals surface area (Å²) < 4.78 is 0. The van der Waals surface area contributed by atoms with Crippen molar-refractivity contribution in [1.29, 1.82) is 0 Å². The molecule has 2 aromatic carbocycles. The van der Waals surface area contributed by atoms with Crippen LogP contribution in [0.2, 0.25) is 0 Å². The molecule has 0 bridgehead atoms. The Balaban J connectivity index is 2.24. The van der Waals surface area contributed by atoms with Crippen LogP contribution >= 0.6 is 0 Å². The van der Waals surface area contributed by atoms with Crippen LogP contribution in [0.1, 0.15) is 55.1 Å². The molecule has 2 atom stereocenters. The lowest BCUT2D eigenvalue weighted by atomic mass is 9.76. The fraction of sp³-hybridized carbons (Fsp3) is 0.385. The summed E-state index contributed by atoms with van der Waals surface area (Å²) in [6.45, 7) is 6.48. The third-order valence-corrected chi connectivity index (χ3v) is 5.92. The molecule has 0 fully saturated rings. The molecule has 0 radical (unpaired) electrons. The number of carbonyl (C=O) groups excluding carboxylic acids is 2. The highest BCUT2D eigenvalue weighted by molar-refractivity contribution is 6.43. The molecule has 13 heteroatoms. The van der Waals surface area contributed by atoms with E-state index >= 15 is 0 Å². The van der Waals surface area contributed by atoms with Crippen molar-refractivity contribution in [2.75, 3.05) is 6.54 Å². The maximum atomic E-state index is 13.3. The highest BCUT2D eigenvalue weighted by Crippen LogP contribution is 2.22. The van der Waals surface area contributed by atoms with E-state index in [2.05, 4.69) is 41.4 Å². The van der Waals surface area contributed by atoms with E-state index < -0.39 is 30.9 Å². The van der Waals surface area contributed by atoms with Gasteiger partial charge in [-0.2, -0.15) is 0 Å². The van der Waals surface area contributed by atoms with Crippen LogP contribution in [0.5, 0.6) is 0 Å². The van der Waals surface area contributed by atoms with Gasteiger partial charge in [-0.05, 0) is 53.6 Å². The Bertz CT molecular complexity index is 1150. The zero-order chi connectivity index (χ0) is 29.2. The molecule has 210 valence electrons. The van der Waals surface area contributed by atoms with E-state index in [1.165, 1.54) is 0 Å². The summed E-state index contributed by atoms with van der Waals surface area (Å²) in [6.07, 6.45) is 0.716. The van der Waals surface area contributed by atoms with Crippen LogP contribution in [-0.2, 0) is 16.6 Å². The molecule has 12 N–H and O–H groups in total. The number of amides is 2. The Morgan fingerprint density at radius 3 is 2.05 bits per heavy atom. The zero-order valence-electron chi connectivity index (χ0n) is 22.6. The van der Waals surface area contributed by atoms with Gasteiger partial charge >= 0.3 is 7.12 Å². The molecule has 0 aliphatic carbocycles. The minimum Gasteiger partial charge on any atom is -0.426 e. The first-order chi connectivity index (χ1) is 18.3. The number of hydrogen-bond acceptors (Lipinski definition) is 6. The van der Waals surface area contributed by atoms with Crippen LogP contribution < -0.4 is 33.6 Å². The van der Waals surface area contributed by atoms with Crippen molar-refractivity contribution < 1.29 is 19.6 Å². The Labute approximate surface area is 229 Å². The Hall–Kier alpha value is -4.10. The summed E-state index contributed by atoms with van der Waals surface area (Å²) in [5, 5.41) is 25.1. The molecular formula is C26H39BN8O4. The van der Waals surface area contributed by atoms with Gasteiger partial charge < -0.3 is 43.6 Å². The summed E-state index contributed by atoms with van der Waals surface area (Å²) in [7, 11) is -1.83. The summed E-state index contributed by atoms with van der Waals surface area (Å²) in [5.74, 6) is -2.19. The normalized spacial score (nSPS) is 12.5. The minimum absolute atomic E-state index is 0.0794. The summed E-state index contributed by atoms with van der Waals surface area (Å²) >= 11 is 0. The molecule has 39 heavy (non-hydrogen) atoms. The average molecular weight is 538 g/mol. The third kappa shape index (κ3) is 10.7. The fourth-order valence-corrected chi connectivity index (χ4v) is 3.76. The first-order valence-corrected chi connectivity index (χ1v) is 12.6. The monoisotopic (exact) mass is 538 g/mol. The number of aliphatic imine (C=N–C) groups is 2. The largest absolute Gasteiger partial charge is 0.475 e. The van der Waals surface area contributed by atoms with Gasteiger partial charge in [-0.15, -0.1) is 0 Å². The van der Waals surface area contributed by atoms with Crippen molar-refractivity contribution in [1.82, 2.24) is 10.6 Å². The maximum absolute atomic E-state index is 13.3. The predicted molar refractivity (Wildman–Crippen MR) is 154 cm³/mol. The molecule has 2 rings (SSSR count). The van der Waals surface area contributed by atoms with Crippen molar-refractivity contribution in [2.24, 2.45) is 32.9 Å². The Morgan fingerprint density at radius 2 is 1.54 bits per heavy atom. The third-order valence-electron chi connectivity index (χ3n) is 5.92. The molecule has 12 nitrogen and oxygen atoms in total. The van der Waals surface area contributed by atoms with Crippen molar-refractivity contribution in [3.05, 3.63) is 65.2 Å². The number of nitrogens with two attached hydrogens (primary N) is 4. The SMILES string of the molecule is CC(C)(C)c1ccc(C(=O)N[C@@H](Cc2ccc(N=C(N)N)cc2)C(=O)N[C@H](CCCN=C(N)N)B(O)O)cc1. The lowest BCUT2D eigenvalue weighted by molar-refractivity contribution is -0.123. The fourth-order valence-electron chi connectivity index (χ4n) is 3.76. The number of guanidine groups is 2. The van der Waals surface area contributed by atoms with Crippen molar-refractivity contribution in [3.63, 3.8) is 0 Å². The lowest BCUT2D eigenvalue weighted by Crippen LogP contribution is -2.54. The van der Waals surface area contributed by atoms with Gasteiger partial charge in [-0.3, -0.25) is 14.6 Å². The van der Waals surface area contributed by atoms with E-state index in [0.29, 0.717) is 17.7 Å². The van der Waals surface area contributed by atoms with Crippen LogP contribution in [0.3, 0.4) is 0 Å². The van der Waals surface area contributed by atoms with E-state index in [1.54, 1.807) is 36.4 Å². The molecule has 2 amide bonds. The topological polar surface area (TPSA) is 227 Å². The second-order valence-corrected chi connectivity index (χ2v) is 10.2. The number of nitrogens with one attached hydrogen (secondary N) is 2. The van der Waals surface area contributed by atoms with E-state index in [0.717, 1.165) is 11.1 Å². The van der Waals surface area contributed by atoms with Gasteiger partial charge in [0.15, 0.2) is 11.9 Å². The molecule has 0 aliphatic rings. The average Bonchev–Trinajstić information content (AvgIpc) is 2.85. The Kier molecular flexibility index (Phi) is 11.3. The van der Waals surface area contributed by atoms with Crippen LogP contribution in [-0.4, -0.2) is 59.4 Å². The van der Waals surface area contributed by atoms with Crippen molar-refractivity contribution >= 4 is 36.5 Å². The summed E-state index contributed by atoms with van der Waals surface area (Å²) in [5.41, 5.74) is 24.1. The van der Waals surface area contributed by atoms with Gasteiger partial charge in [0.25, 0.3) is 5.91 Å². The quantitative estimate of drug-likeness (QED) is 0.0778. The molecule has 0 aromatic heterocycles. The summed E-state index contributed by atoms with van der Waals surface area (Å²) in [4.78, 5) is 34.2. The molecule has 0 saturated heterocycles. The lowest BCUT2D eigenvalue weighted by Gasteiger charge is -2.23. The first kappa shape index (κ1) is 31.1. The van der Waals surface area contributed by atoms with Crippen molar-refractivity contribution in [2.45, 2.75) is 57.4 Å². The molecule has 0 saturated carbocycles. The standard InChI is InChI=1S/C26H39BN8O4/c1-26(2,3)18-10-8-17(9-11-18)22(36)34-20(15-16-6-12-19(13-7-16)33-25(30)31)23(37)35-21(27(38)39)5-4-14-32-24(28)29/h6-13,20-21,38-39H,4-5,14-15H2,1-3H3,(H,34,36)(H,35,37)(H4,28,29,32)(H4,30,31,33)/t20-,21+/m0/s1. The number of nitrogens with zero attached hydrogens (tertiary/aromatic N) is 2. The van der Waals surface area contributed by atoms with Gasteiger partial charge in [0, 0.05) is 18.5 Å². The number of carbonyl (C=O) groups is 2. The minimum atomic E-state index is -1.83. The van der Waals surface area contributed by atoms with Crippen LogP contribution in [0.4, 0.5) is 5.69 Å². The Morgan fingerprint density at radius 1 is 0.923 bits per heavy atom. The highest BCUT2D eigenvalue weighted by Gasteiger charge is 2.29. The zero-order valence-corrected chi connectivity index (χ0v) is 22.6. The number of rotatable bonds is 12. The molecule has 0 aliphatic heterocycles. The van der Waals surface area contributed by atoms with E-state index in [4.69, 9.17) is 22.9 Å². The van der Waals surface area contributed by atoms with Crippen LogP contribution in [0.25, 0.3) is 0 Å². The van der Waals surface area contributed by atoms with E-state index in [9.17, 15) is 19.6 Å². The summed E-state index contributed by atoms with van der Waals surface area (Å²) in [6, 6.07) is 13.0. The van der Waals surface area contributed by atoms with E-state index in [1.807, 2.05) is 12.1 Å². The van der Waals surface area contributed by atoms with E-state index in [-0.39, 0.29) is 36.7 Å². The van der Waals surface area contributed by atoms with Gasteiger partial charge in [-0.1, -0.05) is 45.0 Å². The smallest absolute Gasteiger partial charge is 0.426 e. The molecule has 2 aromatic rings. The predicted octanol–water partition coefficient (Wildman–Crippen LogP) is -0.219. The number of benzene rings is 2. The second kappa shape index (κ2) is 14.2. The molecule has 0 spiro atoms.